The lowest BCUT2D eigenvalue weighted by Gasteiger charge is -2.14. The number of benzene rings is 1. The number of phenolic OH excluding ortho intramolecular Hbond substituents is 1. The van der Waals surface area contributed by atoms with Gasteiger partial charge in [0.15, 0.2) is 0 Å². The van der Waals surface area contributed by atoms with Crippen molar-refractivity contribution in [2.75, 3.05) is 11.9 Å². The van der Waals surface area contributed by atoms with Gasteiger partial charge in [0.25, 0.3) is 0 Å². The predicted molar refractivity (Wildman–Crippen MR) is 81.4 cm³/mol. The fourth-order valence-electron chi connectivity index (χ4n) is 2.01. The number of phenols is 1. The van der Waals surface area contributed by atoms with E-state index >= 15 is 0 Å². The van der Waals surface area contributed by atoms with Gasteiger partial charge in [-0.25, -0.2) is 9.97 Å². The fraction of sp³-hybridized carbons (Fsp3) is 0.333. The normalized spacial score (nSPS) is 10.8. The van der Waals surface area contributed by atoms with Crippen LogP contribution in [0.4, 0.5) is 5.82 Å². The summed E-state index contributed by atoms with van der Waals surface area (Å²) >= 11 is 6.12. The Morgan fingerprint density at radius 2 is 1.90 bits per heavy atom. The van der Waals surface area contributed by atoms with Gasteiger partial charge >= 0.3 is 0 Å². The van der Waals surface area contributed by atoms with Crippen LogP contribution in [0.2, 0.25) is 5.15 Å². The molecule has 1 aromatic heterocycles. The molecule has 0 fully saturated rings. The first-order valence-corrected chi connectivity index (χ1v) is 6.98. The molecule has 1 aromatic carbocycles. The summed E-state index contributed by atoms with van der Waals surface area (Å²) < 4.78 is 0. The summed E-state index contributed by atoms with van der Waals surface area (Å²) in [6.07, 6.45) is 2.32. The Kier molecular flexibility index (Phi) is 4.79. The molecule has 0 saturated heterocycles. The molecule has 2 rings (SSSR count). The Labute approximate surface area is 123 Å². The summed E-state index contributed by atoms with van der Waals surface area (Å²) in [5.74, 6) is 1.34. The second-order valence-corrected chi connectivity index (χ2v) is 5.28. The van der Waals surface area contributed by atoms with Gasteiger partial charge in [-0.05, 0) is 30.0 Å². The monoisotopic (exact) mass is 291 g/mol. The highest BCUT2D eigenvalue weighted by molar-refractivity contribution is 6.30. The lowest BCUT2D eigenvalue weighted by molar-refractivity contribution is 0.475. The quantitative estimate of drug-likeness (QED) is 0.826. The van der Waals surface area contributed by atoms with Crippen LogP contribution >= 0.6 is 11.6 Å². The van der Waals surface area contributed by atoms with Crippen molar-refractivity contribution < 1.29 is 5.11 Å². The number of hydrogen-bond donors (Lipinski definition) is 2. The maximum Gasteiger partial charge on any atom is 0.138 e. The van der Waals surface area contributed by atoms with Gasteiger partial charge in [0.05, 0.1) is 0 Å². The second-order valence-electron chi connectivity index (χ2n) is 4.92. The van der Waals surface area contributed by atoms with Crippen molar-refractivity contribution >= 4 is 17.4 Å². The SMILES string of the molecule is CC(C)c1c(Cl)ncnc1NCCc1ccc(O)cc1. The van der Waals surface area contributed by atoms with E-state index in [0.717, 1.165) is 29.9 Å². The van der Waals surface area contributed by atoms with E-state index in [1.807, 2.05) is 12.1 Å². The van der Waals surface area contributed by atoms with Crippen LogP contribution in [0.15, 0.2) is 30.6 Å². The highest BCUT2D eigenvalue weighted by Gasteiger charge is 2.12. The first-order chi connectivity index (χ1) is 9.58. The molecule has 2 aromatic rings. The largest absolute Gasteiger partial charge is 0.508 e. The number of nitrogens with one attached hydrogen (secondary N) is 1. The molecular formula is C15H18ClN3O. The Hall–Kier alpha value is -1.81. The van der Waals surface area contributed by atoms with Crippen molar-refractivity contribution in [2.45, 2.75) is 26.2 Å². The van der Waals surface area contributed by atoms with Gasteiger partial charge in [0.2, 0.25) is 0 Å². The zero-order valence-electron chi connectivity index (χ0n) is 11.6. The molecule has 0 radical (unpaired) electrons. The van der Waals surface area contributed by atoms with E-state index in [0.29, 0.717) is 5.15 Å². The summed E-state index contributed by atoms with van der Waals surface area (Å²) in [6, 6.07) is 7.20. The molecule has 0 aliphatic heterocycles. The molecule has 20 heavy (non-hydrogen) atoms. The third-order valence-corrected chi connectivity index (χ3v) is 3.36. The van der Waals surface area contributed by atoms with Crippen LogP contribution in [0, 0.1) is 0 Å². The summed E-state index contributed by atoms with van der Waals surface area (Å²) in [5.41, 5.74) is 2.10. The number of anilines is 1. The van der Waals surface area contributed by atoms with Crippen molar-refractivity contribution in [1.29, 1.82) is 0 Å². The van der Waals surface area contributed by atoms with Gasteiger partial charge in [0, 0.05) is 12.1 Å². The number of hydrogen-bond acceptors (Lipinski definition) is 4. The molecule has 0 aliphatic carbocycles. The van der Waals surface area contributed by atoms with E-state index in [1.165, 1.54) is 6.33 Å². The van der Waals surface area contributed by atoms with Gasteiger partial charge in [-0.15, -0.1) is 0 Å². The zero-order chi connectivity index (χ0) is 14.5. The van der Waals surface area contributed by atoms with Crippen molar-refractivity contribution in [3.63, 3.8) is 0 Å². The Bertz CT molecular complexity index is 570. The van der Waals surface area contributed by atoms with Gasteiger partial charge in [0.1, 0.15) is 23.0 Å². The Balaban J connectivity index is 2.01. The van der Waals surface area contributed by atoms with Crippen LogP contribution in [-0.4, -0.2) is 21.6 Å². The first kappa shape index (κ1) is 14.6. The summed E-state index contributed by atoms with van der Waals surface area (Å²) in [6.45, 7) is 4.88. The predicted octanol–water partition coefficient (Wildman–Crippen LogP) is 3.61. The van der Waals surface area contributed by atoms with Gasteiger partial charge in [-0.1, -0.05) is 37.6 Å². The molecule has 0 amide bonds. The average Bonchev–Trinajstić information content (AvgIpc) is 2.40. The van der Waals surface area contributed by atoms with E-state index in [4.69, 9.17) is 11.6 Å². The Morgan fingerprint density at radius 3 is 2.55 bits per heavy atom. The number of aromatic hydroxyl groups is 1. The molecule has 2 N–H and O–H groups in total. The van der Waals surface area contributed by atoms with Crippen LogP contribution in [-0.2, 0) is 6.42 Å². The fourth-order valence-corrected chi connectivity index (χ4v) is 2.37. The van der Waals surface area contributed by atoms with Crippen LogP contribution in [0.5, 0.6) is 5.75 Å². The molecule has 0 atom stereocenters. The van der Waals surface area contributed by atoms with Gasteiger partial charge < -0.3 is 10.4 Å². The third kappa shape index (κ3) is 3.61. The molecule has 5 heteroatoms. The third-order valence-electron chi connectivity index (χ3n) is 3.06. The minimum absolute atomic E-state index is 0.264. The van der Waals surface area contributed by atoms with Crippen LogP contribution < -0.4 is 5.32 Å². The number of nitrogens with zero attached hydrogens (tertiary/aromatic N) is 2. The standard InChI is InChI=1S/C15H18ClN3O/c1-10(2)13-14(16)18-9-19-15(13)17-8-7-11-3-5-12(20)6-4-11/h3-6,9-10,20H,7-8H2,1-2H3,(H,17,18,19). The molecular weight excluding hydrogens is 274 g/mol. The minimum Gasteiger partial charge on any atom is -0.508 e. The first-order valence-electron chi connectivity index (χ1n) is 6.60. The molecule has 4 nitrogen and oxygen atoms in total. The topological polar surface area (TPSA) is 58.0 Å². The van der Waals surface area contributed by atoms with Gasteiger partial charge in [-0.3, -0.25) is 0 Å². The highest BCUT2D eigenvalue weighted by atomic mass is 35.5. The van der Waals surface area contributed by atoms with Crippen LogP contribution in [0.1, 0.15) is 30.9 Å². The van der Waals surface area contributed by atoms with E-state index < -0.39 is 0 Å². The maximum atomic E-state index is 9.24. The minimum atomic E-state index is 0.264. The molecule has 0 bridgehead atoms. The summed E-state index contributed by atoms with van der Waals surface area (Å²) in [4.78, 5) is 8.28. The van der Waals surface area contributed by atoms with Gasteiger partial charge in [-0.2, -0.15) is 0 Å². The van der Waals surface area contributed by atoms with Crippen LogP contribution in [0.25, 0.3) is 0 Å². The van der Waals surface area contributed by atoms with E-state index in [9.17, 15) is 5.11 Å². The molecule has 0 saturated carbocycles. The lowest BCUT2D eigenvalue weighted by atomic mass is 10.1. The lowest BCUT2D eigenvalue weighted by Crippen LogP contribution is -2.10. The number of aromatic nitrogens is 2. The van der Waals surface area contributed by atoms with Crippen molar-refractivity contribution in [3.05, 3.63) is 46.9 Å². The number of halogens is 1. The van der Waals surface area contributed by atoms with Crippen molar-refractivity contribution in [1.82, 2.24) is 9.97 Å². The van der Waals surface area contributed by atoms with Crippen molar-refractivity contribution in [2.24, 2.45) is 0 Å². The number of rotatable bonds is 5. The molecule has 106 valence electrons. The average molecular weight is 292 g/mol. The molecule has 0 unspecified atom stereocenters. The van der Waals surface area contributed by atoms with E-state index in [1.54, 1.807) is 12.1 Å². The summed E-state index contributed by atoms with van der Waals surface area (Å²) in [7, 11) is 0. The molecule has 1 heterocycles. The zero-order valence-corrected chi connectivity index (χ0v) is 12.4. The molecule has 0 spiro atoms. The Morgan fingerprint density at radius 1 is 1.20 bits per heavy atom. The smallest absolute Gasteiger partial charge is 0.138 e. The van der Waals surface area contributed by atoms with Crippen molar-refractivity contribution in [3.8, 4) is 5.75 Å². The molecule has 0 aliphatic rings. The summed E-state index contributed by atoms with van der Waals surface area (Å²) in [5, 5.41) is 13.0. The van der Waals surface area contributed by atoms with E-state index in [-0.39, 0.29) is 11.7 Å². The van der Waals surface area contributed by atoms with Crippen LogP contribution in [0.3, 0.4) is 0 Å². The maximum absolute atomic E-state index is 9.24. The second kappa shape index (κ2) is 6.57. The highest BCUT2D eigenvalue weighted by Crippen LogP contribution is 2.27. The van der Waals surface area contributed by atoms with E-state index in [2.05, 4.69) is 29.1 Å².